The molecule has 0 radical (unpaired) electrons. The number of H-pyrrole nitrogens is 1. The van der Waals surface area contributed by atoms with E-state index in [1.165, 1.54) is 0 Å². The van der Waals surface area contributed by atoms with E-state index < -0.39 is 0 Å². The summed E-state index contributed by atoms with van der Waals surface area (Å²) in [7, 11) is 0. The van der Waals surface area contributed by atoms with E-state index in [2.05, 4.69) is 16.3 Å². The van der Waals surface area contributed by atoms with Gasteiger partial charge in [0, 0.05) is 0 Å². The zero-order chi connectivity index (χ0) is 7.07. The summed E-state index contributed by atoms with van der Waals surface area (Å²) in [5.74, 6) is 0. The van der Waals surface area contributed by atoms with Crippen LogP contribution in [0.5, 0.6) is 0 Å². The van der Waals surface area contributed by atoms with E-state index in [0.717, 1.165) is 0 Å². The summed E-state index contributed by atoms with van der Waals surface area (Å²) in [5.41, 5.74) is 0. The van der Waals surface area contributed by atoms with Gasteiger partial charge < -0.3 is 9.97 Å². The number of imidazole rings is 1. The van der Waals surface area contributed by atoms with Gasteiger partial charge in [-0.3, -0.25) is 0 Å². The molecule has 0 fully saturated rings. The van der Waals surface area contributed by atoms with E-state index in [1.807, 2.05) is 30.3 Å². The molecular formula is C8H8N2Ru. The molecule has 0 spiro atoms. The molecule has 1 aromatic carbocycles. The van der Waals surface area contributed by atoms with Gasteiger partial charge >= 0.3 is 19.5 Å². The molecule has 0 unspecified atom stereocenters. The van der Waals surface area contributed by atoms with Crippen molar-refractivity contribution in [3.63, 3.8) is 0 Å². The maximum Gasteiger partial charge on any atom is 2.00 e. The molecule has 2 aromatic rings. The predicted octanol–water partition coefficient (Wildman–Crippen LogP) is 1.61. The minimum atomic E-state index is 0. The minimum absolute atomic E-state index is 0. The first-order valence-electron chi connectivity index (χ1n) is 3.02. The van der Waals surface area contributed by atoms with Gasteiger partial charge in [0.25, 0.3) is 0 Å². The molecule has 0 aliphatic carbocycles. The second-order valence-electron chi connectivity index (χ2n) is 1.66. The van der Waals surface area contributed by atoms with E-state index in [1.54, 1.807) is 12.4 Å². The molecule has 1 heterocycles. The molecule has 0 bridgehead atoms. The van der Waals surface area contributed by atoms with Crippen LogP contribution in [0.3, 0.4) is 0 Å². The number of aromatic nitrogens is 2. The fourth-order valence-electron chi connectivity index (χ4n) is 0.507. The Bertz CT molecular complexity index is 151. The number of hydrogen-bond acceptors (Lipinski definition) is 1. The van der Waals surface area contributed by atoms with Crippen LogP contribution in [0.25, 0.3) is 0 Å². The summed E-state index contributed by atoms with van der Waals surface area (Å²) >= 11 is 0. The summed E-state index contributed by atoms with van der Waals surface area (Å²) in [6.45, 7) is 0. The van der Waals surface area contributed by atoms with Gasteiger partial charge in [0.1, 0.15) is 0 Å². The van der Waals surface area contributed by atoms with Crippen LogP contribution in [-0.4, -0.2) is 9.97 Å². The Morgan fingerprint density at radius 1 is 1.27 bits per heavy atom. The Kier molecular flexibility index (Phi) is 6.75. The van der Waals surface area contributed by atoms with Gasteiger partial charge in [0.05, 0.1) is 0 Å². The van der Waals surface area contributed by atoms with Crippen molar-refractivity contribution in [2.45, 2.75) is 0 Å². The van der Waals surface area contributed by atoms with Crippen LogP contribution in [0.2, 0.25) is 0 Å². The molecule has 58 valence electrons. The molecule has 1 aromatic heterocycles. The van der Waals surface area contributed by atoms with Crippen molar-refractivity contribution in [3.8, 4) is 0 Å². The molecule has 0 aliphatic rings. The van der Waals surface area contributed by atoms with Gasteiger partial charge in [-0.1, -0.05) is 0 Å². The quantitative estimate of drug-likeness (QED) is 0.543. The third kappa shape index (κ3) is 5.62. The van der Waals surface area contributed by atoms with E-state index in [-0.39, 0.29) is 19.5 Å². The van der Waals surface area contributed by atoms with Crippen molar-refractivity contribution in [2.75, 3.05) is 0 Å². The molecule has 0 amide bonds. The topological polar surface area (TPSA) is 28.7 Å². The van der Waals surface area contributed by atoms with Crippen LogP contribution in [0.1, 0.15) is 0 Å². The van der Waals surface area contributed by atoms with Crippen molar-refractivity contribution in [1.82, 2.24) is 9.97 Å². The number of nitrogens with one attached hydrogen (secondary N) is 1. The standard InChI is InChI=1S/C5H5.C3H3N2.Ru/c1-2-4-5-3-1;1-2-5-3-4-1;/h1-5H;1-2H,(H,4,5);/q2*-1;+2. The van der Waals surface area contributed by atoms with Gasteiger partial charge in [-0.2, -0.15) is 18.2 Å². The third-order valence-electron chi connectivity index (χ3n) is 0.917. The first-order valence-corrected chi connectivity index (χ1v) is 3.02. The molecule has 2 rings (SSSR count). The van der Waals surface area contributed by atoms with Gasteiger partial charge in [-0.15, -0.1) is 12.4 Å². The monoisotopic (exact) mass is 234 g/mol. The maximum atomic E-state index is 3.54. The van der Waals surface area contributed by atoms with Crippen molar-refractivity contribution >= 4 is 0 Å². The van der Waals surface area contributed by atoms with Crippen LogP contribution in [0.4, 0.5) is 0 Å². The number of rotatable bonds is 0. The van der Waals surface area contributed by atoms with Crippen molar-refractivity contribution in [2.24, 2.45) is 0 Å². The fraction of sp³-hybridized carbons (Fsp3) is 0. The van der Waals surface area contributed by atoms with Crippen LogP contribution in [0.15, 0.2) is 42.7 Å². The van der Waals surface area contributed by atoms with Crippen molar-refractivity contribution in [3.05, 3.63) is 49.1 Å². The molecule has 3 heteroatoms. The molecule has 0 aliphatic heterocycles. The Balaban J connectivity index is 0.000000167. The van der Waals surface area contributed by atoms with E-state index in [4.69, 9.17) is 0 Å². The average molecular weight is 233 g/mol. The number of nitrogens with zero attached hydrogens (tertiary/aromatic N) is 1. The summed E-state index contributed by atoms with van der Waals surface area (Å²) in [6, 6.07) is 10.0. The van der Waals surface area contributed by atoms with Crippen LogP contribution >= 0.6 is 0 Å². The van der Waals surface area contributed by atoms with Crippen molar-refractivity contribution < 1.29 is 19.5 Å². The Hall–Kier alpha value is -0.817. The van der Waals surface area contributed by atoms with Crippen molar-refractivity contribution in [1.29, 1.82) is 0 Å². The van der Waals surface area contributed by atoms with Gasteiger partial charge in [-0.05, 0) is 6.33 Å². The largest absolute Gasteiger partial charge is 2.00 e. The van der Waals surface area contributed by atoms with E-state index in [0.29, 0.717) is 0 Å². The SMILES string of the molecule is [Ru+2].[c-]1ncc[nH]1.c1cc[cH-]c1. The zero-order valence-corrected chi connectivity index (χ0v) is 7.58. The Labute approximate surface area is 78.8 Å². The van der Waals surface area contributed by atoms with E-state index in [9.17, 15) is 0 Å². The molecule has 11 heavy (non-hydrogen) atoms. The maximum absolute atomic E-state index is 3.54. The summed E-state index contributed by atoms with van der Waals surface area (Å²) in [5, 5.41) is 0. The molecular weight excluding hydrogens is 225 g/mol. The normalized spacial score (nSPS) is 7.27. The number of hydrogen-bond donors (Lipinski definition) is 1. The summed E-state index contributed by atoms with van der Waals surface area (Å²) in [6.07, 6.45) is 5.83. The smallest absolute Gasteiger partial charge is 0.467 e. The first-order chi connectivity index (χ1) is 5.00. The van der Waals surface area contributed by atoms with Crippen LogP contribution in [0, 0.1) is 6.33 Å². The molecule has 0 atom stereocenters. The third-order valence-corrected chi connectivity index (χ3v) is 0.917. The average Bonchev–Trinajstić information content (AvgIpc) is 2.67. The molecule has 2 nitrogen and oxygen atoms in total. The first kappa shape index (κ1) is 10.2. The Morgan fingerprint density at radius 3 is 2.18 bits per heavy atom. The summed E-state index contributed by atoms with van der Waals surface area (Å²) < 4.78 is 0. The molecule has 0 saturated heterocycles. The Morgan fingerprint density at radius 2 is 2.00 bits per heavy atom. The van der Waals surface area contributed by atoms with Gasteiger partial charge in [0.2, 0.25) is 0 Å². The van der Waals surface area contributed by atoms with Crippen LogP contribution < -0.4 is 0 Å². The fourth-order valence-corrected chi connectivity index (χ4v) is 0.507. The predicted molar refractivity (Wildman–Crippen MR) is 39.5 cm³/mol. The molecule has 1 N–H and O–H groups in total. The van der Waals surface area contributed by atoms with Crippen LogP contribution in [-0.2, 0) is 19.5 Å². The van der Waals surface area contributed by atoms with E-state index >= 15 is 0 Å². The summed E-state index contributed by atoms with van der Waals surface area (Å²) in [4.78, 5) is 6.17. The molecule has 0 saturated carbocycles. The second-order valence-corrected chi connectivity index (χ2v) is 1.66. The zero-order valence-electron chi connectivity index (χ0n) is 5.84. The minimum Gasteiger partial charge on any atom is -0.467 e. The second kappa shape index (κ2) is 7.29. The number of aromatic amines is 1. The van der Waals surface area contributed by atoms with Gasteiger partial charge in [0.15, 0.2) is 0 Å². The van der Waals surface area contributed by atoms with Gasteiger partial charge in [-0.25, -0.2) is 12.1 Å².